The van der Waals surface area contributed by atoms with Crippen molar-refractivity contribution >= 4 is 28.4 Å². The van der Waals surface area contributed by atoms with Gasteiger partial charge in [0.05, 0.1) is 17.1 Å². The zero-order valence-corrected chi connectivity index (χ0v) is 16.7. The number of nitrogens with two attached hydrogens (primary N) is 1. The molecule has 0 saturated carbocycles. The third-order valence-electron chi connectivity index (χ3n) is 5.41. The third kappa shape index (κ3) is 4.16. The molecule has 2 aromatic carbocycles. The highest BCUT2D eigenvalue weighted by Gasteiger charge is 2.28. The lowest BCUT2D eigenvalue weighted by atomic mass is 10.1. The number of hydrogen-bond acceptors (Lipinski definition) is 4. The van der Waals surface area contributed by atoms with Crippen molar-refractivity contribution in [2.24, 2.45) is 5.73 Å². The van der Waals surface area contributed by atoms with Crippen molar-refractivity contribution in [1.29, 1.82) is 0 Å². The summed E-state index contributed by atoms with van der Waals surface area (Å²) in [5.41, 5.74) is 8.66. The monoisotopic (exact) mass is 406 g/mol. The van der Waals surface area contributed by atoms with Crippen LogP contribution in [-0.4, -0.2) is 34.3 Å². The van der Waals surface area contributed by atoms with Crippen LogP contribution in [0.2, 0.25) is 0 Å². The fourth-order valence-electron chi connectivity index (χ4n) is 4.04. The molecule has 1 atom stereocenters. The van der Waals surface area contributed by atoms with Crippen LogP contribution in [0.1, 0.15) is 34.5 Å². The predicted molar refractivity (Wildman–Crippen MR) is 113 cm³/mol. The van der Waals surface area contributed by atoms with Gasteiger partial charge in [-0.1, -0.05) is 12.1 Å². The van der Waals surface area contributed by atoms with Gasteiger partial charge in [-0.3, -0.25) is 19.5 Å². The van der Waals surface area contributed by atoms with E-state index in [9.17, 15) is 14.0 Å². The van der Waals surface area contributed by atoms with Crippen molar-refractivity contribution < 1.29 is 14.0 Å². The molecule has 1 aromatic heterocycles. The molecule has 0 spiro atoms. The van der Waals surface area contributed by atoms with E-state index in [4.69, 9.17) is 5.73 Å². The minimum Gasteiger partial charge on any atom is -0.368 e. The van der Waals surface area contributed by atoms with E-state index in [-0.39, 0.29) is 17.9 Å². The number of carbonyl (C=O) groups excluding carboxylic acids is 2. The highest BCUT2D eigenvalue weighted by Crippen LogP contribution is 2.23. The molecular weight excluding hydrogens is 383 g/mol. The second-order valence-corrected chi connectivity index (χ2v) is 7.66. The van der Waals surface area contributed by atoms with Crippen LogP contribution < -0.4 is 11.1 Å². The average molecular weight is 406 g/mol. The quantitative estimate of drug-likeness (QED) is 0.680. The van der Waals surface area contributed by atoms with Crippen molar-refractivity contribution in [2.75, 3.05) is 11.9 Å². The number of nitrogens with one attached hydrogen (secondary N) is 1. The number of fused-ring (bicyclic) bond motifs is 1. The lowest BCUT2D eigenvalue weighted by molar-refractivity contribution is -0.122. The maximum atomic E-state index is 13.6. The van der Waals surface area contributed by atoms with Gasteiger partial charge in [-0.2, -0.15) is 0 Å². The minimum atomic E-state index is -0.393. The standard InChI is InChI=1S/C23H23FN4O2/c1-14-10-19(18-8-7-16(24)12-20(18)26-14)23(30)27-17-5-2-4-15(11-17)13-28-9-3-6-21(28)22(25)29/h2,4-5,7-8,10-12,21H,3,6,9,13H2,1H3,(H2,25,29)(H,27,30). The third-order valence-corrected chi connectivity index (χ3v) is 5.41. The van der Waals surface area contributed by atoms with Gasteiger partial charge >= 0.3 is 0 Å². The first kappa shape index (κ1) is 20.0. The molecule has 1 saturated heterocycles. The lowest BCUT2D eigenvalue weighted by Gasteiger charge is -2.22. The summed E-state index contributed by atoms with van der Waals surface area (Å²) in [5, 5.41) is 3.52. The number of amides is 2. The van der Waals surface area contributed by atoms with Gasteiger partial charge in [0.15, 0.2) is 0 Å². The van der Waals surface area contributed by atoms with Gasteiger partial charge in [-0.15, -0.1) is 0 Å². The van der Waals surface area contributed by atoms with Gasteiger partial charge in [0.25, 0.3) is 5.91 Å². The van der Waals surface area contributed by atoms with Gasteiger partial charge in [0, 0.05) is 29.4 Å². The highest BCUT2D eigenvalue weighted by molar-refractivity contribution is 6.12. The van der Waals surface area contributed by atoms with E-state index in [0.717, 1.165) is 24.9 Å². The molecule has 1 fully saturated rings. The number of pyridine rings is 1. The van der Waals surface area contributed by atoms with Gasteiger partial charge < -0.3 is 11.1 Å². The Balaban J connectivity index is 1.55. The van der Waals surface area contributed by atoms with Crippen molar-refractivity contribution in [1.82, 2.24) is 9.88 Å². The summed E-state index contributed by atoms with van der Waals surface area (Å²) in [6, 6.07) is 13.2. The number of benzene rings is 2. The molecular formula is C23H23FN4O2. The second kappa shape index (κ2) is 8.20. The van der Waals surface area contributed by atoms with E-state index in [0.29, 0.717) is 34.4 Å². The molecule has 4 rings (SSSR count). The van der Waals surface area contributed by atoms with Gasteiger partial charge in [-0.25, -0.2) is 4.39 Å². The zero-order valence-electron chi connectivity index (χ0n) is 16.7. The Morgan fingerprint density at radius 2 is 2.07 bits per heavy atom. The smallest absolute Gasteiger partial charge is 0.256 e. The van der Waals surface area contributed by atoms with E-state index < -0.39 is 5.82 Å². The van der Waals surface area contributed by atoms with Crippen LogP contribution in [0.25, 0.3) is 10.9 Å². The summed E-state index contributed by atoms with van der Waals surface area (Å²) in [5.74, 6) is -0.977. The molecule has 2 heterocycles. The van der Waals surface area contributed by atoms with Crippen LogP contribution in [-0.2, 0) is 11.3 Å². The Labute approximate surface area is 173 Å². The van der Waals surface area contributed by atoms with E-state index >= 15 is 0 Å². The van der Waals surface area contributed by atoms with Crippen molar-refractivity contribution in [3.8, 4) is 0 Å². The topological polar surface area (TPSA) is 88.3 Å². The number of aryl methyl sites for hydroxylation is 1. The number of anilines is 1. The highest BCUT2D eigenvalue weighted by atomic mass is 19.1. The first-order valence-corrected chi connectivity index (χ1v) is 9.91. The molecule has 6 nitrogen and oxygen atoms in total. The Morgan fingerprint density at radius 3 is 2.87 bits per heavy atom. The van der Waals surface area contributed by atoms with Crippen molar-refractivity contribution in [3.63, 3.8) is 0 Å². The number of rotatable bonds is 5. The van der Waals surface area contributed by atoms with E-state index in [1.165, 1.54) is 12.1 Å². The molecule has 1 unspecified atom stereocenters. The minimum absolute atomic E-state index is 0.241. The SMILES string of the molecule is Cc1cc(C(=O)Nc2cccc(CN3CCCC3C(N)=O)c2)c2ccc(F)cc2n1. The zero-order chi connectivity index (χ0) is 21.3. The first-order chi connectivity index (χ1) is 14.4. The van der Waals surface area contributed by atoms with E-state index in [1.54, 1.807) is 19.1 Å². The predicted octanol–water partition coefficient (Wildman–Crippen LogP) is 3.38. The largest absolute Gasteiger partial charge is 0.368 e. The summed E-state index contributed by atoms with van der Waals surface area (Å²) in [4.78, 5) is 31.0. The normalized spacial score (nSPS) is 16.7. The lowest BCUT2D eigenvalue weighted by Crippen LogP contribution is -2.39. The summed E-state index contributed by atoms with van der Waals surface area (Å²) in [7, 11) is 0. The van der Waals surface area contributed by atoms with Crippen LogP contribution in [0.3, 0.4) is 0 Å². The Morgan fingerprint density at radius 1 is 1.23 bits per heavy atom. The molecule has 2 amide bonds. The molecule has 0 aliphatic carbocycles. The molecule has 1 aliphatic rings. The van der Waals surface area contributed by atoms with Crippen molar-refractivity contribution in [2.45, 2.75) is 32.4 Å². The Kier molecular flexibility index (Phi) is 5.46. The van der Waals surface area contributed by atoms with Crippen LogP contribution in [0, 0.1) is 12.7 Å². The number of halogens is 1. The number of likely N-dealkylation sites (tertiary alicyclic amines) is 1. The van der Waals surface area contributed by atoms with E-state index in [2.05, 4.69) is 15.2 Å². The van der Waals surface area contributed by atoms with Gasteiger partial charge in [-0.05, 0) is 62.2 Å². The second-order valence-electron chi connectivity index (χ2n) is 7.66. The van der Waals surface area contributed by atoms with E-state index in [1.807, 2.05) is 24.3 Å². The van der Waals surface area contributed by atoms with Crippen LogP contribution in [0.5, 0.6) is 0 Å². The summed E-state index contributed by atoms with van der Waals surface area (Å²) in [6.45, 7) is 3.18. The molecule has 30 heavy (non-hydrogen) atoms. The molecule has 0 bridgehead atoms. The summed E-state index contributed by atoms with van der Waals surface area (Å²) in [6.07, 6.45) is 1.72. The van der Waals surface area contributed by atoms with Gasteiger partial charge in [0.2, 0.25) is 5.91 Å². The molecule has 1 aliphatic heterocycles. The maximum Gasteiger partial charge on any atom is 0.256 e. The fraction of sp³-hybridized carbons (Fsp3) is 0.261. The molecule has 154 valence electrons. The number of hydrogen-bond donors (Lipinski definition) is 2. The Bertz CT molecular complexity index is 1130. The number of aromatic nitrogens is 1. The first-order valence-electron chi connectivity index (χ1n) is 9.91. The Hall–Kier alpha value is -3.32. The summed E-state index contributed by atoms with van der Waals surface area (Å²) < 4.78 is 13.6. The number of nitrogens with zero attached hydrogens (tertiary/aromatic N) is 2. The average Bonchev–Trinajstić information content (AvgIpc) is 3.15. The number of primary amides is 1. The van der Waals surface area contributed by atoms with Crippen LogP contribution in [0.4, 0.5) is 10.1 Å². The molecule has 3 N–H and O–H groups in total. The summed E-state index contributed by atoms with van der Waals surface area (Å²) >= 11 is 0. The molecule has 7 heteroatoms. The number of carbonyl (C=O) groups is 2. The fourth-order valence-corrected chi connectivity index (χ4v) is 4.04. The van der Waals surface area contributed by atoms with Crippen LogP contribution >= 0.6 is 0 Å². The van der Waals surface area contributed by atoms with Gasteiger partial charge in [0.1, 0.15) is 5.82 Å². The van der Waals surface area contributed by atoms with Crippen molar-refractivity contribution in [3.05, 3.63) is 71.2 Å². The maximum absolute atomic E-state index is 13.6. The molecule has 3 aromatic rings. The molecule has 0 radical (unpaired) electrons. The van der Waals surface area contributed by atoms with Crippen LogP contribution in [0.15, 0.2) is 48.5 Å².